The molecule has 2 heterocycles. The Balaban J connectivity index is 1.80. The molecule has 0 radical (unpaired) electrons. The Morgan fingerprint density at radius 3 is 2.94 bits per heavy atom. The highest BCUT2D eigenvalue weighted by molar-refractivity contribution is 4.85. The van der Waals surface area contributed by atoms with Gasteiger partial charge in [-0.2, -0.15) is 0 Å². The number of nitrogens with one attached hydrogen (secondary N) is 1. The summed E-state index contributed by atoms with van der Waals surface area (Å²) in [4.78, 5) is 2.63. The van der Waals surface area contributed by atoms with Gasteiger partial charge in [0, 0.05) is 38.3 Å². The summed E-state index contributed by atoms with van der Waals surface area (Å²) in [7, 11) is 0. The van der Waals surface area contributed by atoms with Crippen LogP contribution in [-0.4, -0.2) is 49.3 Å². The molecule has 0 aromatic heterocycles. The molecular weight excluding hydrogens is 212 g/mol. The van der Waals surface area contributed by atoms with Crippen LogP contribution in [0.25, 0.3) is 0 Å². The van der Waals surface area contributed by atoms with Crippen molar-refractivity contribution >= 4 is 0 Å². The van der Waals surface area contributed by atoms with Crippen molar-refractivity contribution in [3.05, 3.63) is 0 Å². The van der Waals surface area contributed by atoms with E-state index in [0.717, 1.165) is 19.7 Å². The van der Waals surface area contributed by atoms with Crippen molar-refractivity contribution in [1.82, 2.24) is 10.2 Å². The monoisotopic (exact) mass is 240 g/mol. The predicted octanol–water partition coefficient (Wildman–Crippen LogP) is 2.02. The molecule has 0 bridgehead atoms. The molecule has 0 amide bonds. The zero-order valence-electron chi connectivity index (χ0n) is 11.5. The molecule has 3 heteroatoms. The first-order valence-corrected chi connectivity index (χ1v) is 7.38. The van der Waals surface area contributed by atoms with Crippen LogP contribution in [0.15, 0.2) is 0 Å². The highest BCUT2D eigenvalue weighted by atomic mass is 16.5. The van der Waals surface area contributed by atoms with E-state index in [4.69, 9.17) is 4.74 Å². The standard InChI is InChI=1S/C14H28N2O/c1-3-6-13-10-16(12(2)9-15-13)11-14-7-4-5-8-17-14/h12-15H,3-11H2,1-2H3. The first kappa shape index (κ1) is 13.3. The summed E-state index contributed by atoms with van der Waals surface area (Å²) in [5.74, 6) is 0. The van der Waals surface area contributed by atoms with Crippen molar-refractivity contribution in [3.8, 4) is 0 Å². The summed E-state index contributed by atoms with van der Waals surface area (Å²) in [6.07, 6.45) is 6.94. The Morgan fingerprint density at radius 2 is 2.24 bits per heavy atom. The quantitative estimate of drug-likeness (QED) is 0.813. The number of ether oxygens (including phenoxy) is 1. The van der Waals surface area contributed by atoms with Crippen LogP contribution in [0.1, 0.15) is 46.0 Å². The van der Waals surface area contributed by atoms with Crippen LogP contribution in [0.4, 0.5) is 0 Å². The van der Waals surface area contributed by atoms with Gasteiger partial charge < -0.3 is 10.1 Å². The van der Waals surface area contributed by atoms with E-state index >= 15 is 0 Å². The van der Waals surface area contributed by atoms with Gasteiger partial charge in [0.05, 0.1) is 6.10 Å². The molecule has 2 saturated heterocycles. The average Bonchev–Trinajstić information content (AvgIpc) is 2.35. The van der Waals surface area contributed by atoms with E-state index in [0.29, 0.717) is 18.2 Å². The number of piperazine rings is 1. The number of nitrogens with zero attached hydrogens (tertiary/aromatic N) is 1. The van der Waals surface area contributed by atoms with E-state index in [1.165, 1.54) is 38.6 Å². The average molecular weight is 240 g/mol. The second-order valence-corrected chi connectivity index (χ2v) is 5.69. The van der Waals surface area contributed by atoms with Gasteiger partial charge in [0.1, 0.15) is 0 Å². The lowest BCUT2D eigenvalue weighted by atomic mass is 10.0. The van der Waals surface area contributed by atoms with Crippen molar-refractivity contribution < 1.29 is 4.74 Å². The second-order valence-electron chi connectivity index (χ2n) is 5.69. The predicted molar refractivity (Wildman–Crippen MR) is 71.3 cm³/mol. The summed E-state index contributed by atoms with van der Waals surface area (Å²) in [6, 6.07) is 1.36. The van der Waals surface area contributed by atoms with E-state index in [1.807, 2.05) is 0 Å². The highest BCUT2D eigenvalue weighted by Gasteiger charge is 2.27. The molecule has 2 fully saturated rings. The minimum Gasteiger partial charge on any atom is -0.377 e. The number of rotatable bonds is 4. The first-order valence-electron chi connectivity index (χ1n) is 7.38. The molecule has 3 unspecified atom stereocenters. The van der Waals surface area contributed by atoms with Gasteiger partial charge in [-0.1, -0.05) is 13.3 Å². The molecule has 0 saturated carbocycles. The van der Waals surface area contributed by atoms with Gasteiger partial charge >= 0.3 is 0 Å². The number of hydrogen-bond acceptors (Lipinski definition) is 3. The summed E-state index contributed by atoms with van der Waals surface area (Å²) >= 11 is 0. The van der Waals surface area contributed by atoms with Gasteiger partial charge in [0.15, 0.2) is 0 Å². The Bertz CT molecular complexity index is 216. The molecule has 2 rings (SSSR count). The first-order chi connectivity index (χ1) is 8.29. The van der Waals surface area contributed by atoms with Gasteiger partial charge in [-0.05, 0) is 32.6 Å². The third-order valence-electron chi connectivity index (χ3n) is 4.13. The molecule has 17 heavy (non-hydrogen) atoms. The van der Waals surface area contributed by atoms with Crippen LogP contribution in [0, 0.1) is 0 Å². The van der Waals surface area contributed by atoms with Crippen molar-refractivity contribution in [2.75, 3.05) is 26.2 Å². The van der Waals surface area contributed by atoms with Crippen LogP contribution >= 0.6 is 0 Å². The van der Waals surface area contributed by atoms with Crippen LogP contribution in [-0.2, 0) is 4.74 Å². The maximum atomic E-state index is 5.86. The largest absolute Gasteiger partial charge is 0.377 e. The van der Waals surface area contributed by atoms with Crippen molar-refractivity contribution in [2.24, 2.45) is 0 Å². The third-order valence-corrected chi connectivity index (χ3v) is 4.13. The maximum absolute atomic E-state index is 5.86. The Hall–Kier alpha value is -0.120. The van der Waals surface area contributed by atoms with E-state index in [2.05, 4.69) is 24.1 Å². The van der Waals surface area contributed by atoms with E-state index in [-0.39, 0.29) is 0 Å². The summed E-state index contributed by atoms with van der Waals surface area (Å²) < 4.78 is 5.86. The Kier molecular flexibility index (Phi) is 5.26. The molecule has 2 aliphatic heterocycles. The van der Waals surface area contributed by atoms with Gasteiger partial charge in [0.25, 0.3) is 0 Å². The van der Waals surface area contributed by atoms with Crippen LogP contribution < -0.4 is 5.32 Å². The summed E-state index contributed by atoms with van der Waals surface area (Å²) in [5, 5.41) is 3.65. The van der Waals surface area contributed by atoms with Gasteiger partial charge in [-0.15, -0.1) is 0 Å². The Morgan fingerprint density at radius 1 is 1.35 bits per heavy atom. The fraction of sp³-hybridized carbons (Fsp3) is 1.00. The smallest absolute Gasteiger partial charge is 0.0702 e. The molecule has 2 aliphatic rings. The lowest BCUT2D eigenvalue weighted by molar-refractivity contribution is -0.0196. The van der Waals surface area contributed by atoms with E-state index in [9.17, 15) is 0 Å². The van der Waals surface area contributed by atoms with Gasteiger partial charge in [0.2, 0.25) is 0 Å². The highest BCUT2D eigenvalue weighted by Crippen LogP contribution is 2.17. The minimum atomic E-state index is 0.492. The van der Waals surface area contributed by atoms with Crippen LogP contribution in [0.2, 0.25) is 0 Å². The fourth-order valence-corrected chi connectivity index (χ4v) is 3.00. The van der Waals surface area contributed by atoms with Crippen molar-refractivity contribution in [1.29, 1.82) is 0 Å². The lowest BCUT2D eigenvalue weighted by Crippen LogP contribution is -2.57. The molecule has 0 aromatic rings. The molecule has 0 aliphatic carbocycles. The lowest BCUT2D eigenvalue weighted by Gasteiger charge is -2.41. The minimum absolute atomic E-state index is 0.492. The van der Waals surface area contributed by atoms with Crippen LogP contribution in [0.3, 0.4) is 0 Å². The number of hydrogen-bond donors (Lipinski definition) is 1. The zero-order valence-corrected chi connectivity index (χ0v) is 11.5. The van der Waals surface area contributed by atoms with E-state index < -0.39 is 0 Å². The molecule has 100 valence electrons. The molecule has 0 spiro atoms. The Labute approximate surface area is 106 Å². The zero-order chi connectivity index (χ0) is 12.1. The molecule has 0 aromatic carbocycles. The molecule has 3 atom stereocenters. The van der Waals surface area contributed by atoms with Gasteiger partial charge in [-0.3, -0.25) is 4.90 Å². The van der Waals surface area contributed by atoms with Gasteiger partial charge in [-0.25, -0.2) is 0 Å². The topological polar surface area (TPSA) is 24.5 Å². The third kappa shape index (κ3) is 3.94. The second kappa shape index (κ2) is 6.72. The molecule has 3 nitrogen and oxygen atoms in total. The fourth-order valence-electron chi connectivity index (χ4n) is 3.00. The van der Waals surface area contributed by atoms with E-state index in [1.54, 1.807) is 0 Å². The molecular formula is C14H28N2O. The van der Waals surface area contributed by atoms with Crippen LogP contribution in [0.5, 0.6) is 0 Å². The normalized spacial score (nSPS) is 36.0. The van der Waals surface area contributed by atoms with Crippen molar-refractivity contribution in [2.45, 2.75) is 64.1 Å². The maximum Gasteiger partial charge on any atom is 0.0702 e. The SMILES string of the molecule is CCCC1CN(CC2CCCCO2)C(C)CN1. The summed E-state index contributed by atoms with van der Waals surface area (Å²) in [6.45, 7) is 9.06. The van der Waals surface area contributed by atoms with Crippen molar-refractivity contribution in [3.63, 3.8) is 0 Å². The summed E-state index contributed by atoms with van der Waals surface area (Å²) in [5.41, 5.74) is 0. The molecule has 1 N–H and O–H groups in total.